The average molecular weight is 912 g/mol. The minimum absolute atomic E-state index is 0.0555. The maximum absolute atomic E-state index is 13.8. The zero-order valence-electron chi connectivity index (χ0n) is 39.0. The molecule has 0 spiro atoms. The van der Waals surface area contributed by atoms with Gasteiger partial charge in [-0.1, -0.05) is 74.0 Å². The molecule has 352 valence electrons. The maximum atomic E-state index is 13.8. The van der Waals surface area contributed by atoms with Gasteiger partial charge in [-0.2, -0.15) is 0 Å². The van der Waals surface area contributed by atoms with Gasteiger partial charge in [-0.05, 0) is 110 Å². The van der Waals surface area contributed by atoms with Gasteiger partial charge in [-0.25, -0.2) is 9.78 Å². The molecule has 2 saturated heterocycles. The minimum Gasteiger partial charge on any atom is -0.488 e. The first kappa shape index (κ1) is 46.9. The van der Waals surface area contributed by atoms with Gasteiger partial charge in [0.1, 0.15) is 36.9 Å². The first-order chi connectivity index (χ1) is 32.3. The summed E-state index contributed by atoms with van der Waals surface area (Å²) in [7, 11) is 1.31. The van der Waals surface area contributed by atoms with Gasteiger partial charge in [-0.3, -0.25) is 19.4 Å². The lowest BCUT2D eigenvalue weighted by atomic mass is 9.91. The van der Waals surface area contributed by atoms with E-state index in [1.165, 1.54) is 29.4 Å². The number of aliphatic hydroxyl groups is 2. The van der Waals surface area contributed by atoms with E-state index in [0.717, 1.165) is 52.0 Å². The number of ether oxygens (including phenoxy) is 2. The predicted octanol–water partition coefficient (Wildman–Crippen LogP) is 6.94. The van der Waals surface area contributed by atoms with Gasteiger partial charge >= 0.3 is 6.09 Å². The van der Waals surface area contributed by atoms with Crippen molar-refractivity contribution in [3.63, 3.8) is 0 Å². The van der Waals surface area contributed by atoms with E-state index in [1.54, 1.807) is 35.4 Å². The van der Waals surface area contributed by atoms with Crippen molar-refractivity contribution in [1.29, 1.82) is 0 Å². The molecule has 4 amide bonds. The number of aromatic nitrogens is 2. The monoisotopic (exact) mass is 911 g/mol. The lowest BCUT2D eigenvalue weighted by molar-refractivity contribution is -0.138. The fourth-order valence-electron chi connectivity index (χ4n) is 10.1. The largest absolute Gasteiger partial charge is 0.488 e. The highest BCUT2D eigenvalue weighted by Gasteiger charge is 2.43. The third-order valence-corrected chi connectivity index (χ3v) is 13.5. The number of likely N-dealkylation sites (tertiary alicyclic amines) is 2. The van der Waals surface area contributed by atoms with Gasteiger partial charge in [0.15, 0.2) is 0 Å². The number of carbonyl (C=O) groups excluding carboxylic acids is 4. The van der Waals surface area contributed by atoms with E-state index < -0.39 is 30.7 Å². The highest BCUT2D eigenvalue weighted by atomic mass is 16.5. The Labute approximate surface area is 391 Å². The van der Waals surface area contributed by atoms with Crippen molar-refractivity contribution < 1.29 is 38.9 Å². The van der Waals surface area contributed by atoms with Crippen molar-refractivity contribution in [2.24, 2.45) is 16.8 Å². The second kappa shape index (κ2) is 20.1. The molecule has 5 N–H and O–H groups in total. The summed E-state index contributed by atoms with van der Waals surface area (Å²) in [6.07, 6.45) is 4.86. The van der Waals surface area contributed by atoms with Crippen LogP contribution in [0, 0.1) is 25.7 Å². The molecule has 4 aromatic carbocycles. The fourth-order valence-corrected chi connectivity index (χ4v) is 10.1. The number of aliphatic imine (C=N–C) groups is 1. The summed E-state index contributed by atoms with van der Waals surface area (Å²) in [5, 5.41) is 26.2. The molecule has 6 atom stereocenters. The Balaban J connectivity index is 0.000000192. The summed E-state index contributed by atoms with van der Waals surface area (Å²) in [6, 6.07) is 22.3. The number of alkyl carbamates (subject to hydrolysis) is 1. The number of carbonyl (C=O) groups is 4. The standard InChI is InChI=1S/C32H35N3O4.C20H26N4O4/c1-17(2)30(34-32(37)38-5)31(36)35-19(4)7-11-28(35)27-14-24-23-15-29-25(13-20(23)8-10-26(24)33-27)22-9-6-18(3)12-21(22)16-39-29;1-13-10-21-19(22-13)16-9-14(7-8-25)11-24(16)20(28)18(23-17(27)12-26)15-5-3-2-4-6-15/h6,8-10,12-13,15,17,19,28,30H,7,11,14,16H2,1-5H3,(H,34,37);2-6,10,14,16,18,25-26H,7-9,11-12H2,1H3,(H,21,22)(H,23,27)/t19-,28-,30-;14-,16-,18+/m00/s1. The first-order valence-electron chi connectivity index (χ1n) is 23.2. The summed E-state index contributed by atoms with van der Waals surface area (Å²) in [4.78, 5) is 67.4. The van der Waals surface area contributed by atoms with Crippen LogP contribution in [0.2, 0.25) is 0 Å². The molecular weight excluding hydrogens is 851 g/mol. The molecule has 15 heteroatoms. The number of aryl methyl sites for hydroxylation is 2. The van der Waals surface area contributed by atoms with Crippen molar-refractivity contribution in [3.05, 3.63) is 113 Å². The van der Waals surface area contributed by atoms with Crippen molar-refractivity contribution >= 4 is 46.0 Å². The third-order valence-electron chi connectivity index (χ3n) is 13.5. The van der Waals surface area contributed by atoms with Crippen molar-refractivity contribution in [3.8, 4) is 16.9 Å². The van der Waals surface area contributed by atoms with E-state index in [2.05, 4.69) is 76.9 Å². The van der Waals surface area contributed by atoms with Gasteiger partial charge in [0.25, 0.3) is 0 Å². The number of hydrogen-bond donors (Lipinski definition) is 5. The van der Waals surface area contributed by atoms with Gasteiger partial charge in [0, 0.05) is 48.8 Å². The molecule has 1 aromatic heterocycles. The molecule has 0 radical (unpaired) electrons. The van der Waals surface area contributed by atoms with Crippen LogP contribution in [0.25, 0.3) is 21.9 Å². The van der Waals surface area contributed by atoms with Gasteiger partial charge in [-0.15, -0.1) is 0 Å². The molecule has 2 fully saturated rings. The van der Waals surface area contributed by atoms with Gasteiger partial charge in [0.2, 0.25) is 17.7 Å². The summed E-state index contributed by atoms with van der Waals surface area (Å²) in [5.74, 6) is 0.731. The Bertz CT molecular complexity index is 2680. The van der Waals surface area contributed by atoms with E-state index in [0.29, 0.717) is 43.8 Å². The molecule has 5 aromatic rings. The number of nitrogens with one attached hydrogen (secondary N) is 3. The third kappa shape index (κ3) is 9.80. The molecule has 67 heavy (non-hydrogen) atoms. The summed E-state index contributed by atoms with van der Waals surface area (Å²) in [6.45, 7) is 10.4. The van der Waals surface area contributed by atoms with Gasteiger partial charge < -0.3 is 45.1 Å². The normalized spacial score (nSPS) is 20.2. The van der Waals surface area contributed by atoms with Crippen molar-refractivity contribution in [2.45, 2.75) is 104 Å². The van der Waals surface area contributed by atoms with Crippen molar-refractivity contribution in [2.75, 3.05) is 26.9 Å². The van der Waals surface area contributed by atoms with Crippen LogP contribution in [0.3, 0.4) is 0 Å². The van der Waals surface area contributed by atoms with Crippen LogP contribution in [0.1, 0.15) is 92.3 Å². The fraction of sp³-hybridized carbons (Fsp3) is 0.423. The Morgan fingerprint density at radius 1 is 0.940 bits per heavy atom. The molecule has 0 saturated carbocycles. The van der Waals surface area contributed by atoms with Crippen molar-refractivity contribution in [1.82, 2.24) is 30.4 Å². The van der Waals surface area contributed by atoms with Crippen LogP contribution in [0.4, 0.5) is 10.5 Å². The quantitative estimate of drug-likeness (QED) is 0.0932. The predicted molar refractivity (Wildman–Crippen MR) is 255 cm³/mol. The van der Waals surface area contributed by atoms with Crippen LogP contribution in [-0.4, -0.2) is 105 Å². The number of methoxy groups -OCH3 is 1. The van der Waals surface area contributed by atoms with E-state index in [9.17, 15) is 24.3 Å². The summed E-state index contributed by atoms with van der Waals surface area (Å²) in [5.41, 5.74) is 9.52. The highest BCUT2D eigenvalue weighted by molar-refractivity contribution is 6.06. The minimum atomic E-state index is -0.896. The smallest absolute Gasteiger partial charge is 0.407 e. The average Bonchev–Trinajstić information content (AvgIpc) is 4.15. The SMILES string of the molecule is COC(=O)N[C@H](C(=O)N1[C@@H](C)CC[C@H]1C1=Nc2ccc3cc4c(cc3c2C1)OCc1cc(C)ccc1-4)C(C)C.Cc1cnc([C@@H]2C[C@H](CCO)CN2C(=O)[C@H](NC(=O)CO)c2ccccc2)[nH]1. The van der Waals surface area contributed by atoms with Crippen LogP contribution in [-0.2, 0) is 32.1 Å². The molecule has 0 aliphatic carbocycles. The lowest BCUT2D eigenvalue weighted by Crippen LogP contribution is -2.55. The van der Waals surface area contributed by atoms with Crippen LogP contribution in [0.15, 0.2) is 84.0 Å². The Morgan fingerprint density at radius 3 is 2.43 bits per heavy atom. The summed E-state index contributed by atoms with van der Waals surface area (Å²) >= 11 is 0. The van der Waals surface area contributed by atoms with E-state index in [-0.39, 0.29) is 48.4 Å². The van der Waals surface area contributed by atoms with E-state index in [1.807, 2.05) is 31.7 Å². The molecule has 0 unspecified atom stereocenters. The first-order valence-corrected chi connectivity index (χ1v) is 23.2. The number of fused-ring (bicyclic) bond motifs is 6. The zero-order valence-corrected chi connectivity index (χ0v) is 39.0. The molecular formula is C52H61N7O8. The number of aliphatic hydroxyl groups excluding tert-OH is 2. The Morgan fingerprint density at radius 2 is 1.73 bits per heavy atom. The molecule has 0 bridgehead atoms. The number of benzene rings is 4. The number of imidazole rings is 1. The van der Waals surface area contributed by atoms with Crippen LogP contribution < -0.4 is 15.4 Å². The number of rotatable bonds is 11. The zero-order chi connectivity index (χ0) is 47.5. The molecule has 15 nitrogen and oxygen atoms in total. The second-order valence-corrected chi connectivity index (χ2v) is 18.5. The topological polar surface area (TPSA) is 199 Å². The Kier molecular flexibility index (Phi) is 14.1. The lowest BCUT2D eigenvalue weighted by Gasteiger charge is -2.33. The molecule has 4 aliphatic rings. The number of H-pyrrole nitrogens is 1. The van der Waals surface area contributed by atoms with Gasteiger partial charge in [0.05, 0.1) is 24.9 Å². The molecule has 5 heterocycles. The number of hydrogen-bond acceptors (Lipinski definition) is 10. The molecule has 4 aliphatic heterocycles. The molecule has 9 rings (SSSR count). The van der Waals surface area contributed by atoms with Crippen LogP contribution >= 0.6 is 0 Å². The second-order valence-electron chi connectivity index (χ2n) is 18.5. The van der Waals surface area contributed by atoms with Crippen LogP contribution in [0.5, 0.6) is 5.75 Å². The number of aromatic amines is 1. The Hall–Kier alpha value is -6.58. The number of amides is 4. The number of nitrogens with zero attached hydrogens (tertiary/aromatic N) is 4. The highest BCUT2D eigenvalue weighted by Crippen LogP contribution is 2.45. The van der Waals surface area contributed by atoms with E-state index in [4.69, 9.17) is 19.6 Å². The van der Waals surface area contributed by atoms with E-state index >= 15 is 0 Å². The maximum Gasteiger partial charge on any atom is 0.407 e. The summed E-state index contributed by atoms with van der Waals surface area (Å²) < 4.78 is 11.0.